The summed E-state index contributed by atoms with van der Waals surface area (Å²) in [4.78, 5) is 16.3. The summed E-state index contributed by atoms with van der Waals surface area (Å²) in [5.74, 6) is 0.941. The standard InChI is InChI=1S/C23H20N4O/c1-4-18-14(2)19(13-24)23-26-20-7-5-6-8-21(20)27(23)22(18)25-17-11-9-16(10-12-17)15(3)28/h5-12,25H,4H2,1-3H3. The van der Waals surface area contributed by atoms with E-state index >= 15 is 0 Å². The van der Waals surface area contributed by atoms with Crippen LogP contribution in [0.25, 0.3) is 16.7 Å². The van der Waals surface area contributed by atoms with E-state index in [0.29, 0.717) is 16.8 Å². The Kier molecular flexibility index (Phi) is 4.32. The Morgan fingerprint density at radius 2 is 1.89 bits per heavy atom. The zero-order chi connectivity index (χ0) is 19.8. The van der Waals surface area contributed by atoms with Crippen LogP contribution in [0.1, 0.15) is 40.9 Å². The van der Waals surface area contributed by atoms with E-state index in [-0.39, 0.29) is 5.78 Å². The van der Waals surface area contributed by atoms with Crippen molar-refractivity contribution >= 4 is 34.0 Å². The fraction of sp³-hybridized carbons (Fsp3) is 0.174. The molecule has 0 fully saturated rings. The minimum Gasteiger partial charge on any atom is -0.341 e. The van der Waals surface area contributed by atoms with Crippen LogP contribution in [-0.2, 0) is 6.42 Å². The number of ketones is 1. The summed E-state index contributed by atoms with van der Waals surface area (Å²) in [5, 5.41) is 13.3. The van der Waals surface area contributed by atoms with Crippen LogP contribution < -0.4 is 5.32 Å². The first-order valence-corrected chi connectivity index (χ1v) is 9.26. The third-order valence-electron chi connectivity index (χ3n) is 5.14. The SMILES string of the molecule is CCc1c(C)c(C#N)c2nc3ccccc3n2c1Nc1ccc(C(C)=O)cc1. The van der Waals surface area contributed by atoms with Crippen molar-refractivity contribution in [3.63, 3.8) is 0 Å². The van der Waals surface area contributed by atoms with Crippen LogP contribution in [-0.4, -0.2) is 15.2 Å². The molecule has 0 atom stereocenters. The van der Waals surface area contributed by atoms with E-state index in [1.54, 1.807) is 6.92 Å². The van der Waals surface area contributed by atoms with Crippen LogP contribution in [0.5, 0.6) is 0 Å². The summed E-state index contributed by atoms with van der Waals surface area (Å²) < 4.78 is 2.03. The number of carbonyl (C=O) groups excluding carboxylic acids is 1. The number of fused-ring (bicyclic) bond motifs is 3. The fourth-order valence-corrected chi connectivity index (χ4v) is 3.67. The van der Waals surface area contributed by atoms with Crippen molar-refractivity contribution in [3.05, 3.63) is 70.8 Å². The van der Waals surface area contributed by atoms with Crippen LogP contribution in [0.4, 0.5) is 11.5 Å². The molecule has 0 spiro atoms. The van der Waals surface area contributed by atoms with E-state index in [0.717, 1.165) is 40.1 Å². The molecule has 0 saturated heterocycles. The highest BCUT2D eigenvalue weighted by atomic mass is 16.1. The lowest BCUT2D eigenvalue weighted by molar-refractivity contribution is 0.101. The van der Waals surface area contributed by atoms with Gasteiger partial charge in [-0.2, -0.15) is 5.26 Å². The molecule has 0 bridgehead atoms. The van der Waals surface area contributed by atoms with Gasteiger partial charge in [0.05, 0.1) is 16.6 Å². The zero-order valence-electron chi connectivity index (χ0n) is 16.1. The molecule has 0 radical (unpaired) electrons. The lowest BCUT2D eigenvalue weighted by Crippen LogP contribution is -2.07. The minimum absolute atomic E-state index is 0.0398. The minimum atomic E-state index is 0.0398. The van der Waals surface area contributed by atoms with Crippen LogP contribution in [0.3, 0.4) is 0 Å². The third kappa shape index (κ3) is 2.71. The number of imidazole rings is 1. The van der Waals surface area contributed by atoms with Crippen molar-refractivity contribution < 1.29 is 4.79 Å². The molecule has 0 saturated carbocycles. The van der Waals surface area contributed by atoms with Crippen LogP contribution >= 0.6 is 0 Å². The number of hydrogen-bond donors (Lipinski definition) is 1. The molecule has 138 valence electrons. The molecule has 2 heterocycles. The molecule has 5 heteroatoms. The largest absolute Gasteiger partial charge is 0.341 e. The number of anilines is 2. The maximum atomic E-state index is 11.6. The quantitative estimate of drug-likeness (QED) is 0.504. The van der Waals surface area contributed by atoms with Crippen molar-refractivity contribution in [3.8, 4) is 6.07 Å². The zero-order valence-corrected chi connectivity index (χ0v) is 16.1. The highest BCUT2D eigenvalue weighted by Gasteiger charge is 2.20. The molecule has 1 N–H and O–H groups in total. The number of carbonyl (C=O) groups is 1. The normalized spacial score (nSPS) is 10.9. The Bertz CT molecular complexity index is 1260. The van der Waals surface area contributed by atoms with E-state index < -0.39 is 0 Å². The Morgan fingerprint density at radius 3 is 2.54 bits per heavy atom. The van der Waals surface area contributed by atoms with Gasteiger partial charge in [-0.3, -0.25) is 9.20 Å². The van der Waals surface area contributed by atoms with Crippen molar-refractivity contribution in [2.75, 3.05) is 5.32 Å². The lowest BCUT2D eigenvalue weighted by atomic mass is 10.0. The first-order valence-electron chi connectivity index (χ1n) is 9.26. The average molecular weight is 368 g/mol. The second kappa shape index (κ2) is 6.82. The number of hydrogen-bond acceptors (Lipinski definition) is 4. The van der Waals surface area contributed by atoms with Gasteiger partial charge in [0, 0.05) is 11.3 Å². The molecule has 28 heavy (non-hydrogen) atoms. The molecule has 0 unspecified atom stereocenters. The Hall–Kier alpha value is -3.65. The first-order chi connectivity index (χ1) is 13.5. The second-order valence-electron chi connectivity index (χ2n) is 6.81. The van der Waals surface area contributed by atoms with E-state index in [1.807, 2.05) is 59.9 Å². The monoisotopic (exact) mass is 368 g/mol. The van der Waals surface area contributed by atoms with Gasteiger partial charge >= 0.3 is 0 Å². The van der Waals surface area contributed by atoms with E-state index in [4.69, 9.17) is 4.98 Å². The number of nitriles is 1. The van der Waals surface area contributed by atoms with E-state index in [2.05, 4.69) is 18.3 Å². The van der Waals surface area contributed by atoms with Gasteiger partial charge < -0.3 is 5.32 Å². The summed E-state index contributed by atoms with van der Waals surface area (Å²) in [6.45, 7) is 5.61. The molecule has 5 nitrogen and oxygen atoms in total. The Balaban J connectivity index is 2.00. The molecule has 0 amide bonds. The summed E-state index contributed by atoms with van der Waals surface area (Å²) in [6, 6.07) is 17.6. The van der Waals surface area contributed by atoms with Crippen LogP contribution in [0.15, 0.2) is 48.5 Å². The Labute approximate surface area is 163 Å². The highest BCUT2D eigenvalue weighted by Crippen LogP contribution is 2.33. The van der Waals surface area contributed by atoms with E-state index in [9.17, 15) is 10.1 Å². The van der Waals surface area contributed by atoms with Gasteiger partial charge in [0.15, 0.2) is 11.4 Å². The summed E-state index contributed by atoms with van der Waals surface area (Å²) in [6.07, 6.45) is 0.775. The Morgan fingerprint density at radius 1 is 1.18 bits per heavy atom. The summed E-state index contributed by atoms with van der Waals surface area (Å²) in [5.41, 5.74) is 6.62. The first kappa shape index (κ1) is 17.7. The lowest BCUT2D eigenvalue weighted by Gasteiger charge is -2.18. The number of rotatable bonds is 4. The van der Waals surface area contributed by atoms with Crippen molar-refractivity contribution in [1.82, 2.24) is 9.38 Å². The van der Waals surface area contributed by atoms with Gasteiger partial charge in [-0.1, -0.05) is 19.1 Å². The van der Waals surface area contributed by atoms with Gasteiger partial charge in [0.2, 0.25) is 0 Å². The predicted molar refractivity (Wildman–Crippen MR) is 111 cm³/mol. The summed E-state index contributed by atoms with van der Waals surface area (Å²) >= 11 is 0. The topological polar surface area (TPSA) is 70.2 Å². The number of para-hydroxylation sites is 2. The maximum Gasteiger partial charge on any atom is 0.159 e. The molecule has 0 aliphatic carbocycles. The third-order valence-corrected chi connectivity index (χ3v) is 5.14. The van der Waals surface area contributed by atoms with E-state index in [1.165, 1.54) is 0 Å². The average Bonchev–Trinajstić information content (AvgIpc) is 3.08. The van der Waals surface area contributed by atoms with Gasteiger partial charge in [-0.25, -0.2) is 4.98 Å². The van der Waals surface area contributed by atoms with Crippen molar-refractivity contribution in [1.29, 1.82) is 5.26 Å². The van der Waals surface area contributed by atoms with Crippen LogP contribution in [0, 0.1) is 18.3 Å². The molecule has 2 aromatic heterocycles. The molecule has 0 aliphatic heterocycles. The molecule has 2 aromatic carbocycles. The molecule has 0 aliphatic rings. The molecular formula is C23H20N4O. The number of Topliss-reactive ketones (excluding diaryl/α,β-unsaturated/α-hetero) is 1. The van der Waals surface area contributed by atoms with Gasteiger partial charge in [0.1, 0.15) is 11.9 Å². The number of nitrogens with zero attached hydrogens (tertiary/aromatic N) is 3. The van der Waals surface area contributed by atoms with Gasteiger partial charge in [-0.05, 0) is 67.8 Å². The van der Waals surface area contributed by atoms with Crippen molar-refractivity contribution in [2.24, 2.45) is 0 Å². The molecular weight excluding hydrogens is 348 g/mol. The van der Waals surface area contributed by atoms with Gasteiger partial charge in [0.25, 0.3) is 0 Å². The van der Waals surface area contributed by atoms with Crippen molar-refractivity contribution in [2.45, 2.75) is 27.2 Å². The number of pyridine rings is 1. The smallest absolute Gasteiger partial charge is 0.159 e. The predicted octanol–water partition coefficient (Wildman–Crippen LogP) is 5.18. The maximum absolute atomic E-state index is 11.6. The number of nitrogens with one attached hydrogen (secondary N) is 1. The highest BCUT2D eigenvalue weighted by molar-refractivity contribution is 5.94. The second-order valence-corrected chi connectivity index (χ2v) is 6.81. The number of aromatic nitrogens is 2. The number of benzene rings is 2. The fourth-order valence-electron chi connectivity index (χ4n) is 3.67. The summed E-state index contributed by atoms with van der Waals surface area (Å²) in [7, 11) is 0. The van der Waals surface area contributed by atoms with Crippen LogP contribution in [0.2, 0.25) is 0 Å². The molecule has 4 aromatic rings. The molecule has 4 rings (SSSR count). The van der Waals surface area contributed by atoms with Gasteiger partial charge in [-0.15, -0.1) is 0 Å².